The molecule has 5 aliphatic rings. The molecule has 8 unspecified atom stereocenters. The first-order valence-corrected chi connectivity index (χ1v) is 16.4. The van der Waals surface area contributed by atoms with Gasteiger partial charge in [0.2, 0.25) is 0 Å². The number of hydrogen-bond donors (Lipinski definition) is 1. The van der Waals surface area contributed by atoms with Crippen molar-refractivity contribution in [2.75, 3.05) is 6.61 Å². The first-order valence-electron chi connectivity index (χ1n) is 16.4. The molecule has 0 bridgehead atoms. The molecule has 0 aromatic heterocycles. The Hall–Kier alpha value is -1.61. The Morgan fingerprint density at radius 1 is 0.875 bits per heavy atom. The number of benzene rings is 1. The van der Waals surface area contributed by atoms with Gasteiger partial charge in [0.1, 0.15) is 5.60 Å². The molecule has 1 aromatic carbocycles. The highest BCUT2D eigenvalue weighted by Gasteiger charge is 2.65. The van der Waals surface area contributed by atoms with Crippen molar-refractivity contribution in [3.05, 3.63) is 41.5 Å². The van der Waals surface area contributed by atoms with E-state index < -0.39 is 5.60 Å². The third kappa shape index (κ3) is 4.18. The van der Waals surface area contributed by atoms with Gasteiger partial charge >= 0.3 is 5.97 Å². The third-order valence-electron chi connectivity index (χ3n) is 13.4. The summed E-state index contributed by atoms with van der Waals surface area (Å²) in [6, 6.07) is 8.19. The molecular formula is C37H54O3. The summed E-state index contributed by atoms with van der Waals surface area (Å²) in [6.07, 6.45) is 15.7. The van der Waals surface area contributed by atoms with E-state index in [1.807, 2.05) is 32.9 Å². The maximum absolute atomic E-state index is 12.6. The molecule has 8 atom stereocenters. The van der Waals surface area contributed by atoms with Gasteiger partial charge in [0, 0.05) is 6.61 Å². The molecule has 4 saturated carbocycles. The maximum atomic E-state index is 12.6. The lowest BCUT2D eigenvalue weighted by molar-refractivity contribution is -0.181. The standard InChI is InChI=1S/C37H54O3/c1-33(2,3)40-32(39)25-12-10-24(11-13-25)27-16-20-36(7)30(34(27,4)5)18-21-35(6)28-17-22-37(23-38)19-8-9-29(37)26(28)14-15-31(35)36/h10-13,16,26,28-31,38H,8-9,14-15,17-23H2,1-7H3. The van der Waals surface area contributed by atoms with E-state index in [1.165, 1.54) is 68.9 Å². The fraction of sp³-hybridized carbons (Fsp3) is 0.757. The zero-order valence-corrected chi connectivity index (χ0v) is 26.3. The minimum atomic E-state index is -0.487. The molecule has 0 saturated heterocycles. The van der Waals surface area contributed by atoms with Crippen LogP contribution in [0.1, 0.15) is 129 Å². The van der Waals surface area contributed by atoms with Crippen LogP contribution in [0.2, 0.25) is 0 Å². The Morgan fingerprint density at radius 3 is 2.27 bits per heavy atom. The molecule has 4 fully saturated rings. The van der Waals surface area contributed by atoms with Gasteiger partial charge in [-0.3, -0.25) is 0 Å². The maximum Gasteiger partial charge on any atom is 0.338 e. The number of rotatable bonds is 3. The number of hydrogen-bond acceptors (Lipinski definition) is 3. The summed E-state index contributed by atoms with van der Waals surface area (Å²) in [5.74, 6) is 3.61. The summed E-state index contributed by atoms with van der Waals surface area (Å²) in [6.45, 7) is 16.5. The van der Waals surface area contributed by atoms with Crippen LogP contribution in [0.3, 0.4) is 0 Å². The summed E-state index contributed by atoms with van der Waals surface area (Å²) in [5, 5.41) is 10.5. The van der Waals surface area contributed by atoms with Crippen LogP contribution in [-0.2, 0) is 4.74 Å². The highest BCUT2D eigenvalue weighted by molar-refractivity contribution is 5.90. The average molecular weight is 547 g/mol. The molecule has 40 heavy (non-hydrogen) atoms. The third-order valence-corrected chi connectivity index (χ3v) is 13.4. The highest BCUT2D eigenvalue weighted by Crippen LogP contribution is 2.73. The summed E-state index contributed by atoms with van der Waals surface area (Å²) < 4.78 is 5.60. The van der Waals surface area contributed by atoms with Crippen molar-refractivity contribution < 1.29 is 14.6 Å². The highest BCUT2D eigenvalue weighted by atomic mass is 16.6. The number of aliphatic hydroxyl groups is 1. The van der Waals surface area contributed by atoms with Gasteiger partial charge in [-0.15, -0.1) is 0 Å². The van der Waals surface area contributed by atoms with Crippen LogP contribution in [0.15, 0.2) is 30.3 Å². The van der Waals surface area contributed by atoms with Crippen LogP contribution in [-0.4, -0.2) is 23.3 Å². The molecule has 0 aliphatic heterocycles. The van der Waals surface area contributed by atoms with Gasteiger partial charge in [0.25, 0.3) is 0 Å². The first kappa shape index (κ1) is 28.5. The Morgan fingerprint density at radius 2 is 1.60 bits per heavy atom. The van der Waals surface area contributed by atoms with Crippen LogP contribution >= 0.6 is 0 Å². The lowest BCUT2D eigenvalue weighted by atomic mass is 9.36. The van der Waals surface area contributed by atoms with Gasteiger partial charge in [0.05, 0.1) is 5.56 Å². The first-order chi connectivity index (χ1) is 18.8. The topological polar surface area (TPSA) is 46.5 Å². The lowest BCUT2D eigenvalue weighted by Gasteiger charge is -2.68. The van der Waals surface area contributed by atoms with Gasteiger partial charge in [-0.25, -0.2) is 4.79 Å². The van der Waals surface area contributed by atoms with Crippen molar-refractivity contribution in [2.24, 2.45) is 51.2 Å². The fourth-order valence-corrected chi connectivity index (χ4v) is 11.9. The van der Waals surface area contributed by atoms with Gasteiger partial charge in [-0.1, -0.05) is 52.3 Å². The molecule has 6 rings (SSSR count). The molecule has 1 N–H and O–H groups in total. The molecule has 220 valence electrons. The van der Waals surface area contributed by atoms with Crippen molar-refractivity contribution in [3.63, 3.8) is 0 Å². The summed E-state index contributed by atoms with van der Waals surface area (Å²) in [4.78, 5) is 12.6. The van der Waals surface area contributed by atoms with Crippen molar-refractivity contribution in [2.45, 2.75) is 118 Å². The molecule has 0 amide bonds. The number of esters is 1. The monoisotopic (exact) mass is 546 g/mol. The van der Waals surface area contributed by atoms with Crippen molar-refractivity contribution in [1.29, 1.82) is 0 Å². The van der Waals surface area contributed by atoms with Crippen LogP contribution in [0, 0.1) is 51.2 Å². The van der Waals surface area contributed by atoms with E-state index in [-0.39, 0.29) is 16.8 Å². The number of carbonyl (C=O) groups is 1. The lowest BCUT2D eigenvalue weighted by Crippen LogP contribution is -2.61. The molecule has 5 aliphatic carbocycles. The molecule has 0 radical (unpaired) electrons. The SMILES string of the molecule is CC(C)(C)OC(=O)c1ccc(C2=CCC3(C)C(CCC4(C)C5CCC6(CO)CCCC6C5CCC43)C2(C)C)cc1. The Labute approximate surface area is 243 Å². The van der Waals surface area contributed by atoms with E-state index >= 15 is 0 Å². The van der Waals surface area contributed by atoms with E-state index in [0.717, 1.165) is 30.1 Å². The number of allylic oxidation sites excluding steroid dienone is 2. The minimum absolute atomic E-state index is 0.0860. The second kappa shape index (κ2) is 9.45. The molecule has 0 heterocycles. The number of fused-ring (bicyclic) bond motifs is 7. The zero-order valence-electron chi connectivity index (χ0n) is 26.3. The predicted molar refractivity (Wildman–Crippen MR) is 163 cm³/mol. The molecular weight excluding hydrogens is 492 g/mol. The largest absolute Gasteiger partial charge is 0.456 e. The van der Waals surface area contributed by atoms with Crippen LogP contribution in [0.4, 0.5) is 0 Å². The molecule has 1 aromatic rings. The van der Waals surface area contributed by atoms with E-state index in [9.17, 15) is 9.90 Å². The van der Waals surface area contributed by atoms with Crippen molar-refractivity contribution in [3.8, 4) is 0 Å². The number of carbonyl (C=O) groups excluding carboxylic acids is 1. The van der Waals surface area contributed by atoms with E-state index in [4.69, 9.17) is 4.74 Å². The van der Waals surface area contributed by atoms with Gasteiger partial charge in [-0.05, 0) is 153 Å². The van der Waals surface area contributed by atoms with Crippen LogP contribution < -0.4 is 0 Å². The second-order valence-electron chi connectivity index (χ2n) is 16.7. The normalized spacial score (nSPS) is 42.1. The van der Waals surface area contributed by atoms with Gasteiger partial charge < -0.3 is 9.84 Å². The van der Waals surface area contributed by atoms with E-state index in [0.29, 0.717) is 28.9 Å². The van der Waals surface area contributed by atoms with Crippen molar-refractivity contribution >= 4 is 11.5 Å². The van der Waals surface area contributed by atoms with E-state index in [1.54, 1.807) is 0 Å². The second-order valence-corrected chi connectivity index (χ2v) is 16.7. The van der Waals surface area contributed by atoms with Crippen LogP contribution in [0.25, 0.3) is 5.57 Å². The van der Waals surface area contributed by atoms with Crippen molar-refractivity contribution in [1.82, 2.24) is 0 Å². The van der Waals surface area contributed by atoms with Gasteiger partial charge in [0.15, 0.2) is 0 Å². The molecule has 0 spiro atoms. The Balaban J connectivity index is 1.27. The Bertz CT molecular complexity index is 1170. The van der Waals surface area contributed by atoms with Gasteiger partial charge in [-0.2, -0.15) is 0 Å². The molecule has 3 heteroatoms. The smallest absolute Gasteiger partial charge is 0.338 e. The molecule has 3 nitrogen and oxygen atoms in total. The quantitative estimate of drug-likeness (QED) is 0.385. The fourth-order valence-electron chi connectivity index (χ4n) is 11.9. The minimum Gasteiger partial charge on any atom is -0.456 e. The number of ether oxygens (including phenoxy) is 1. The summed E-state index contributed by atoms with van der Waals surface area (Å²) >= 11 is 0. The van der Waals surface area contributed by atoms with E-state index in [2.05, 4.69) is 45.9 Å². The average Bonchev–Trinajstić information content (AvgIpc) is 3.32. The zero-order chi connectivity index (χ0) is 28.7. The summed E-state index contributed by atoms with van der Waals surface area (Å²) in [7, 11) is 0. The number of aliphatic hydroxyl groups excluding tert-OH is 1. The van der Waals surface area contributed by atoms with Crippen LogP contribution in [0.5, 0.6) is 0 Å². The summed E-state index contributed by atoms with van der Waals surface area (Å²) in [5.41, 5.74) is 3.93. The Kier molecular flexibility index (Phi) is 6.73. The predicted octanol–water partition coefficient (Wildman–Crippen LogP) is 9.09.